The predicted octanol–water partition coefficient (Wildman–Crippen LogP) is 8.18. The Hall–Kier alpha value is -11.1. The number of nitrogens with two attached hydrogens (primary N) is 2. The number of Topliss-reactive ketones (excluding diaryl/α,β-unsaturated/α-hetero) is 1. The number of ether oxygens (including phenoxy) is 6. The van der Waals surface area contributed by atoms with Crippen molar-refractivity contribution in [3.05, 3.63) is 142 Å². The number of carbonyl (C=O) groups is 6. The molecule has 1 aliphatic carbocycles. The molecule has 5 aromatic heterocycles. The lowest BCUT2D eigenvalue weighted by molar-refractivity contribution is -0.265. The Balaban J connectivity index is 0.509. The molecule has 15 rings (SSSR count). The molecule has 8 aliphatic rings. The van der Waals surface area contributed by atoms with Crippen molar-refractivity contribution in [1.82, 2.24) is 69.2 Å². The second-order valence-corrected chi connectivity index (χ2v) is 38.5. The maximum Gasteiger partial charge on any atom is 0.329 e. The minimum atomic E-state index is -2.47. The number of ketones is 1. The van der Waals surface area contributed by atoms with Crippen LogP contribution in [0.15, 0.2) is 118 Å². The lowest BCUT2D eigenvalue weighted by atomic mass is 9.78. The summed E-state index contributed by atoms with van der Waals surface area (Å²) < 4.78 is 43.9. The number of methoxy groups -OCH3 is 3. The number of hydrogen-bond acceptors (Lipinski definition) is 32. The third-order valence-corrected chi connectivity index (χ3v) is 28.9. The molecule has 4 amide bonds. The minimum Gasteiger partial charge on any atom is -0.460 e. The first-order valence-corrected chi connectivity index (χ1v) is 48.6. The number of piperidine rings is 1. The van der Waals surface area contributed by atoms with Gasteiger partial charge < -0.3 is 99.0 Å². The largest absolute Gasteiger partial charge is 0.460 e. The summed E-state index contributed by atoms with van der Waals surface area (Å²) in [6.07, 6.45) is 18.1. The molecule has 7 aromatic rings. The van der Waals surface area contributed by atoms with Crippen molar-refractivity contribution in [2.24, 2.45) is 40.7 Å². The van der Waals surface area contributed by atoms with Gasteiger partial charge in [0.1, 0.15) is 47.7 Å². The van der Waals surface area contributed by atoms with Gasteiger partial charge in [0, 0.05) is 180 Å². The van der Waals surface area contributed by atoms with Crippen LogP contribution in [0.5, 0.6) is 0 Å². The summed E-state index contributed by atoms with van der Waals surface area (Å²) in [4.78, 5) is 137. The number of oxime groups is 1. The monoisotopic (exact) mass is 1890 g/mol. The number of aromatic nitrogens is 9. The van der Waals surface area contributed by atoms with Gasteiger partial charge in [-0.05, 0) is 148 Å². The molecule has 137 heavy (non-hydrogen) atoms. The van der Waals surface area contributed by atoms with Gasteiger partial charge in [0.25, 0.3) is 29.5 Å². The summed E-state index contributed by atoms with van der Waals surface area (Å²) in [5.41, 5.74) is 22.4. The van der Waals surface area contributed by atoms with Crippen LogP contribution in [0.2, 0.25) is 0 Å². The number of hydrogen-bond donors (Lipinski definition) is 6. The van der Waals surface area contributed by atoms with Crippen molar-refractivity contribution >= 4 is 87.0 Å². The molecule has 4 saturated heterocycles. The van der Waals surface area contributed by atoms with E-state index in [4.69, 9.17) is 64.2 Å². The number of fused-ring (bicyclic) bond motifs is 7. The van der Waals surface area contributed by atoms with Crippen molar-refractivity contribution in [2.75, 3.05) is 141 Å². The van der Waals surface area contributed by atoms with Crippen molar-refractivity contribution in [1.29, 1.82) is 0 Å². The average Bonchev–Trinajstić information content (AvgIpc) is 1.66. The van der Waals surface area contributed by atoms with Crippen molar-refractivity contribution < 1.29 is 86.9 Å². The Morgan fingerprint density at radius 3 is 2.23 bits per heavy atom. The number of benzene rings is 2. The number of amides is 4. The topological polar surface area (TPSA) is 456 Å². The van der Waals surface area contributed by atoms with Crippen LogP contribution in [0.1, 0.15) is 170 Å². The SMILES string of the molecule is CO[C@H]1C[C@@H]2CC[C@@H](C)[C@@](O)(O2)C(=O)C(=O)N2CCCC[C@H]2C(=O)O[C@H]([C@H](C)C[C@@H]2CC[C@@H](O)[C@H](OC)C2)C[C@@H](O)[C@H](C)/C=C(\C)[C@@H](O)[C@@H](OC)/C(=N/OCC(=O)N2CCc3nc(N4CCN(C(=O)CCOCCN5CCN(c6ncc(C(=O)N7CCc8cc(Cn9nc(-c%10ccc%11oc(N)nc%11c%10)c%10c(N)ncnc%109)ccc8C7)cn6)CC5)CC4)ncc3C2)[C@H](C)C[C@H](C)/C=C/C=C/C=C/1C. The zero-order valence-corrected chi connectivity index (χ0v) is 80.5. The fourth-order valence-electron chi connectivity index (χ4n) is 20.5. The molecule has 37 heteroatoms. The zero-order valence-electron chi connectivity index (χ0n) is 80.5. The van der Waals surface area contributed by atoms with E-state index < -0.39 is 90.7 Å². The molecule has 0 spiro atoms. The molecule has 7 aliphatic heterocycles. The Morgan fingerprint density at radius 1 is 0.701 bits per heavy atom. The molecule has 16 atom stereocenters. The molecule has 0 radical (unpaired) electrons. The van der Waals surface area contributed by atoms with Gasteiger partial charge in [0.05, 0.1) is 79.1 Å². The molecule has 2 aromatic carbocycles. The number of allylic oxidation sites excluding steroid dienone is 5. The molecule has 37 nitrogen and oxygen atoms in total. The van der Waals surface area contributed by atoms with Crippen LogP contribution >= 0.6 is 0 Å². The summed E-state index contributed by atoms with van der Waals surface area (Å²) in [5, 5.41) is 57.9. The Morgan fingerprint density at radius 2 is 1.46 bits per heavy atom. The maximum absolute atomic E-state index is 14.8. The number of aliphatic hydroxyl groups is 4. The fraction of sp³-hybridized carbons (Fsp3) is 0.590. The van der Waals surface area contributed by atoms with E-state index in [0.29, 0.717) is 218 Å². The number of rotatable bonds is 21. The molecule has 0 unspecified atom stereocenters. The van der Waals surface area contributed by atoms with Gasteiger partial charge in [-0.1, -0.05) is 94.4 Å². The number of nitrogens with zero attached hydrogens (tertiary/aromatic N) is 17. The lowest BCUT2D eigenvalue weighted by Crippen LogP contribution is -2.61. The lowest BCUT2D eigenvalue weighted by Gasteiger charge is -2.43. The highest BCUT2D eigenvalue weighted by molar-refractivity contribution is 6.39. The Bertz CT molecular complexity index is 5560. The van der Waals surface area contributed by atoms with E-state index >= 15 is 0 Å². The van der Waals surface area contributed by atoms with Gasteiger partial charge in [0.2, 0.25) is 23.6 Å². The molecule has 2 bridgehead atoms. The smallest absolute Gasteiger partial charge is 0.329 e. The number of anilines is 4. The number of piperazine rings is 2. The Kier molecular flexibility index (Phi) is 33.4. The maximum atomic E-state index is 14.8. The van der Waals surface area contributed by atoms with Crippen molar-refractivity contribution in [3.63, 3.8) is 0 Å². The van der Waals surface area contributed by atoms with Gasteiger partial charge in [-0.2, -0.15) is 10.1 Å². The quantitative estimate of drug-likeness (QED) is 0.0130. The van der Waals surface area contributed by atoms with Crippen LogP contribution in [-0.4, -0.2) is 311 Å². The normalized spacial score (nSPS) is 28.7. The molecule has 8 N–H and O–H groups in total. The standard InChI is InChI=1S/C100H135N19O18/c1-60-16-12-11-13-17-61(2)81(130-8)50-74-24-19-66(7)100(129,137-74)91(125)95(127)118-30-15-14-18-77(118)96(128)135-82(63(4)46-67-21-25-78(120)83(48-67)131-9)51-79(121)62(3)45-65(6)89(124)90(132-10)87(64(5)44-60)111-134-58-85(123)116-32-28-75-73(57-116)54-105-99(109-75)115-39-37-113(38-40-115)84(122)29-42-133-43-41-112-33-35-114(36-34-112)98-103-52-72(53-104-98)94(126)117-31-27-69-47-68(20-22-71(69)56-117)55-119-93-86(92(101)106-59-107-93)88(110-119)70-23-26-80-76(49-70)108-97(102)136-80/h11-13,16-17,20,22-23,26,45,47,49,52-54,59-60,62-64,66-67,74,77-79,81-83,89-90,120-121,124,129H,14-15,18-19,21,24-25,27-44,46,48,50-51,55-58H2,1-10H3,(H2,102,108)(H2,101,106,107)/b13-11+,16-12+,61-17+,65-45+,111-87+/t60-,62-,63-,64-,66-,67+,74+,77+,78-,79-,81+,82+,83-,89-,90+,100-/m1/s1. The average molecular weight is 1890 g/mol. The van der Waals surface area contributed by atoms with E-state index in [-0.39, 0.29) is 92.3 Å². The van der Waals surface area contributed by atoms with E-state index in [1.165, 1.54) is 18.3 Å². The third-order valence-electron chi connectivity index (χ3n) is 28.9. The highest BCUT2D eigenvalue weighted by Crippen LogP contribution is 2.41. The van der Waals surface area contributed by atoms with E-state index in [1.807, 2.05) is 77.8 Å². The summed E-state index contributed by atoms with van der Waals surface area (Å²) in [6, 6.07) is 10.7. The molecule has 12 heterocycles. The second-order valence-electron chi connectivity index (χ2n) is 38.5. The Labute approximate surface area is 799 Å². The van der Waals surface area contributed by atoms with Crippen molar-refractivity contribution in [2.45, 2.75) is 225 Å². The zero-order chi connectivity index (χ0) is 96.9. The first-order chi connectivity index (χ1) is 66.0. The van der Waals surface area contributed by atoms with E-state index in [0.717, 1.165) is 52.2 Å². The van der Waals surface area contributed by atoms with E-state index in [9.17, 15) is 49.2 Å². The summed E-state index contributed by atoms with van der Waals surface area (Å²) in [5.74, 6) is -6.40. The fourth-order valence-corrected chi connectivity index (χ4v) is 20.5. The van der Waals surface area contributed by atoms with Gasteiger partial charge >= 0.3 is 5.97 Å². The highest BCUT2D eigenvalue weighted by atomic mass is 16.6. The van der Waals surface area contributed by atoms with Crippen LogP contribution in [0.25, 0.3) is 33.4 Å². The van der Waals surface area contributed by atoms with Crippen LogP contribution in [0.3, 0.4) is 0 Å². The molecular weight excluding hydrogens is 1760 g/mol. The number of carbonyl (C=O) groups excluding carboxylic acids is 6. The van der Waals surface area contributed by atoms with E-state index in [1.54, 1.807) is 70.6 Å². The summed E-state index contributed by atoms with van der Waals surface area (Å²) >= 11 is 0. The molecule has 738 valence electrons. The van der Waals surface area contributed by atoms with Crippen molar-refractivity contribution in [3.8, 4) is 11.3 Å². The summed E-state index contributed by atoms with van der Waals surface area (Å²) in [6.45, 7) is 21.4. The first kappa shape index (κ1) is 100. The first-order valence-electron chi connectivity index (χ1n) is 48.6. The van der Waals surface area contributed by atoms with Gasteiger partial charge in [-0.15, -0.1) is 0 Å². The minimum absolute atomic E-state index is 0.0235. The second kappa shape index (κ2) is 45.6. The number of cyclic esters (lactones) is 1. The number of esters is 1. The highest BCUT2D eigenvalue weighted by Gasteiger charge is 2.54. The van der Waals surface area contributed by atoms with Gasteiger partial charge in [-0.25, -0.2) is 39.4 Å². The number of aliphatic hydroxyl groups excluding tert-OH is 3. The van der Waals surface area contributed by atoms with Crippen LogP contribution in [-0.2, 0) is 89.7 Å². The van der Waals surface area contributed by atoms with Gasteiger partial charge in [-0.3, -0.25) is 28.9 Å². The summed E-state index contributed by atoms with van der Waals surface area (Å²) in [7, 11) is 4.63. The molecule has 1 saturated carbocycles. The van der Waals surface area contributed by atoms with E-state index in [2.05, 4.69) is 69.9 Å². The van der Waals surface area contributed by atoms with Crippen LogP contribution in [0, 0.1) is 35.5 Å². The van der Waals surface area contributed by atoms with Gasteiger partial charge in [0.15, 0.2) is 17.8 Å². The van der Waals surface area contributed by atoms with Crippen LogP contribution < -0.4 is 21.3 Å². The predicted molar refractivity (Wildman–Crippen MR) is 512 cm³/mol. The molecule has 5 fully saturated rings. The number of nitrogen functional groups attached to an aromatic ring is 2. The number of oxazole rings is 1. The van der Waals surface area contributed by atoms with Crippen LogP contribution in [0.4, 0.5) is 23.7 Å². The third kappa shape index (κ3) is 24.1. The molecular formula is C100H135N19O18.